The maximum Gasteiger partial charge on any atom is 0.239 e. The fourth-order valence-corrected chi connectivity index (χ4v) is 5.07. The van der Waals surface area contributed by atoms with Crippen molar-refractivity contribution in [3.05, 3.63) is 36.4 Å². The number of amides is 1. The monoisotopic (exact) mass is 461 g/mol. The Morgan fingerprint density at radius 2 is 1.79 bits per heavy atom. The smallest absolute Gasteiger partial charge is 0.239 e. The van der Waals surface area contributed by atoms with Crippen LogP contribution in [0, 0.1) is 5.92 Å². The van der Waals surface area contributed by atoms with Crippen molar-refractivity contribution in [3.63, 3.8) is 0 Å². The first-order valence-electron chi connectivity index (χ1n) is 12.6. The maximum absolute atomic E-state index is 12.6. The highest BCUT2D eigenvalue weighted by Gasteiger charge is 2.19. The SMILES string of the molecule is CC1CCN(CC(=O)Nc2cc3cc(-c4cnn(C)c4CN4CCCCC4)cnc3cn2)CC1. The third-order valence-electron chi connectivity index (χ3n) is 7.27. The second kappa shape index (κ2) is 10.2. The molecule has 180 valence electrons. The molecule has 0 atom stereocenters. The number of anilines is 1. The Hall–Kier alpha value is -2.84. The largest absolute Gasteiger partial charge is 0.310 e. The van der Waals surface area contributed by atoms with Crippen LogP contribution in [0.25, 0.3) is 22.0 Å². The van der Waals surface area contributed by atoms with E-state index in [-0.39, 0.29) is 5.91 Å². The quantitative estimate of drug-likeness (QED) is 0.603. The molecule has 2 aliphatic heterocycles. The molecule has 0 saturated carbocycles. The number of aryl methyl sites for hydroxylation is 1. The number of nitrogens with zero attached hydrogens (tertiary/aromatic N) is 6. The molecule has 0 radical (unpaired) electrons. The van der Waals surface area contributed by atoms with Crippen molar-refractivity contribution in [2.75, 3.05) is 38.0 Å². The van der Waals surface area contributed by atoms with Crippen molar-refractivity contribution in [2.45, 2.75) is 45.6 Å². The average molecular weight is 462 g/mol. The molecule has 5 rings (SSSR count). The first-order valence-corrected chi connectivity index (χ1v) is 12.6. The molecule has 3 aromatic rings. The van der Waals surface area contributed by atoms with Gasteiger partial charge in [0.05, 0.1) is 30.1 Å². The predicted octanol–water partition coefficient (Wildman–Crippen LogP) is 3.69. The van der Waals surface area contributed by atoms with Gasteiger partial charge >= 0.3 is 0 Å². The molecule has 0 spiro atoms. The van der Waals surface area contributed by atoms with E-state index in [0.717, 1.165) is 73.5 Å². The van der Waals surface area contributed by atoms with Gasteiger partial charge in [-0.25, -0.2) is 4.98 Å². The number of hydrogen-bond donors (Lipinski definition) is 1. The number of rotatable bonds is 6. The number of fused-ring (bicyclic) bond motifs is 1. The van der Waals surface area contributed by atoms with Gasteiger partial charge in [-0.05, 0) is 69.9 Å². The van der Waals surface area contributed by atoms with Gasteiger partial charge in [0.2, 0.25) is 5.91 Å². The minimum Gasteiger partial charge on any atom is -0.310 e. The topological polar surface area (TPSA) is 79.2 Å². The Labute approximate surface area is 201 Å². The van der Waals surface area contributed by atoms with E-state index in [4.69, 9.17) is 0 Å². The van der Waals surface area contributed by atoms with Crippen LogP contribution in [-0.2, 0) is 18.4 Å². The molecule has 1 N–H and O–H groups in total. The van der Waals surface area contributed by atoms with Crippen LogP contribution in [0.3, 0.4) is 0 Å². The van der Waals surface area contributed by atoms with Crippen LogP contribution >= 0.6 is 0 Å². The third kappa shape index (κ3) is 5.28. The van der Waals surface area contributed by atoms with Gasteiger partial charge in [-0.2, -0.15) is 5.10 Å². The summed E-state index contributed by atoms with van der Waals surface area (Å²) in [6.45, 7) is 7.85. The lowest BCUT2D eigenvalue weighted by atomic mass is 9.99. The van der Waals surface area contributed by atoms with Gasteiger partial charge in [-0.1, -0.05) is 13.3 Å². The summed E-state index contributed by atoms with van der Waals surface area (Å²) in [5.74, 6) is 1.31. The Balaban J connectivity index is 1.32. The van der Waals surface area contributed by atoms with Crippen LogP contribution in [0.15, 0.2) is 30.7 Å². The van der Waals surface area contributed by atoms with Crippen LogP contribution in [0.1, 0.15) is 44.7 Å². The van der Waals surface area contributed by atoms with E-state index in [9.17, 15) is 4.79 Å². The fraction of sp³-hybridized carbons (Fsp3) is 0.538. The summed E-state index contributed by atoms with van der Waals surface area (Å²) in [6.07, 6.45) is 11.7. The second-order valence-corrected chi connectivity index (χ2v) is 9.96. The lowest BCUT2D eigenvalue weighted by Gasteiger charge is -2.29. The number of carbonyl (C=O) groups is 1. The Kier molecular flexibility index (Phi) is 6.87. The van der Waals surface area contributed by atoms with Crippen molar-refractivity contribution in [1.29, 1.82) is 0 Å². The van der Waals surface area contributed by atoms with Crippen molar-refractivity contribution in [1.82, 2.24) is 29.5 Å². The van der Waals surface area contributed by atoms with E-state index in [1.165, 1.54) is 25.0 Å². The minimum absolute atomic E-state index is 0.0124. The molecule has 2 saturated heterocycles. The first kappa shape index (κ1) is 22.9. The summed E-state index contributed by atoms with van der Waals surface area (Å²) in [5.41, 5.74) is 4.18. The highest BCUT2D eigenvalue weighted by Crippen LogP contribution is 2.28. The van der Waals surface area contributed by atoms with Crippen LogP contribution < -0.4 is 5.32 Å². The van der Waals surface area contributed by atoms with Crippen molar-refractivity contribution < 1.29 is 4.79 Å². The lowest BCUT2D eigenvalue weighted by Crippen LogP contribution is -2.38. The summed E-state index contributed by atoms with van der Waals surface area (Å²) in [6, 6.07) is 4.05. The molecule has 2 fully saturated rings. The van der Waals surface area contributed by atoms with Gasteiger partial charge in [-0.15, -0.1) is 0 Å². The Bertz CT molecular complexity index is 1140. The van der Waals surface area contributed by atoms with Gasteiger partial charge in [0.25, 0.3) is 0 Å². The zero-order valence-corrected chi connectivity index (χ0v) is 20.3. The summed E-state index contributed by atoms with van der Waals surface area (Å²) in [7, 11) is 2.01. The molecular weight excluding hydrogens is 426 g/mol. The highest BCUT2D eigenvalue weighted by atomic mass is 16.2. The van der Waals surface area contributed by atoms with E-state index in [0.29, 0.717) is 12.4 Å². The number of hydrogen-bond acceptors (Lipinski definition) is 6. The van der Waals surface area contributed by atoms with Gasteiger partial charge < -0.3 is 5.32 Å². The number of aromatic nitrogens is 4. The van der Waals surface area contributed by atoms with E-state index < -0.39 is 0 Å². The standard InChI is InChI=1S/C26H35N7O/c1-19-6-10-33(11-7-19)18-26(34)30-25-13-20-12-21(14-27-23(20)16-28-25)22-15-29-31(2)24(22)17-32-8-4-3-5-9-32/h12-16,19H,3-11,17-18H2,1-2H3,(H,28,30,34). The van der Waals surface area contributed by atoms with E-state index in [1.54, 1.807) is 6.20 Å². The number of likely N-dealkylation sites (tertiary alicyclic amines) is 2. The maximum atomic E-state index is 12.6. The average Bonchev–Trinajstić information content (AvgIpc) is 3.20. The molecule has 3 aromatic heterocycles. The minimum atomic E-state index is -0.0124. The summed E-state index contributed by atoms with van der Waals surface area (Å²) in [5, 5.41) is 8.48. The number of carbonyl (C=O) groups excluding carboxylic acids is 1. The molecule has 2 aliphatic rings. The normalized spacial score (nSPS) is 18.4. The van der Waals surface area contributed by atoms with Crippen LogP contribution in [0.4, 0.5) is 5.82 Å². The van der Waals surface area contributed by atoms with Crippen molar-refractivity contribution in [3.8, 4) is 11.1 Å². The van der Waals surface area contributed by atoms with E-state index in [2.05, 4.69) is 43.2 Å². The summed E-state index contributed by atoms with van der Waals surface area (Å²) >= 11 is 0. The molecule has 0 aliphatic carbocycles. The first-order chi connectivity index (χ1) is 16.5. The molecule has 0 bridgehead atoms. The van der Waals surface area contributed by atoms with Gasteiger partial charge in [0.15, 0.2) is 0 Å². The zero-order chi connectivity index (χ0) is 23.5. The third-order valence-corrected chi connectivity index (χ3v) is 7.27. The van der Waals surface area contributed by atoms with E-state index >= 15 is 0 Å². The number of nitrogens with one attached hydrogen (secondary N) is 1. The molecule has 1 amide bonds. The predicted molar refractivity (Wildman–Crippen MR) is 134 cm³/mol. The molecule has 0 aromatic carbocycles. The van der Waals surface area contributed by atoms with Gasteiger partial charge in [-0.3, -0.25) is 24.3 Å². The molecule has 8 nitrogen and oxygen atoms in total. The van der Waals surface area contributed by atoms with E-state index in [1.807, 2.05) is 30.2 Å². The van der Waals surface area contributed by atoms with Crippen LogP contribution in [-0.4, -0.2) is 68.2 Å². The second-order valence-electron chi connectivity index (χ2n) is 9.96. The Morgan fingerprint density at radius 1 is 1.00 bits per heavy atom. The lowest BCUT2D eigenvalue weighted by molar-refractivity contribution is -0.117. The van der Waals surface area contributed by atoms with Crippen LogP contribution in [0.5, 0.6) is 0 Å². The van der Waals surface area contributed by atoms with Crippen molar-refractivity contribution in [2.24, 2.45) is 13.0 Å². The molecule has 8 heteroatoms. The molecule has 0 unspecified atom stereocenters. The Morgan fingerprint density at radius 3 is 2.59 bits per heavy atom. The number of piperidine rings is 2. The summed E-state index contributed by atoms with van der Waals surface area (Å²) in [4.78, 5) is 26.4. The van der Waals surface area contributed by atoms with Gasteiger partial charge in [0.1, 0.15) is 5.82 Å². The molecule has 34 heavy (non-hydrogen) atoms. The zero-order valence-electron chi connectivity index (χ0n) is 20.3. The molecular formula is C26H35N7O. The summed E-state index contributed by atoms with van der Waals surface area (Å²) < 4.78 is 1.98. The van der Waals surface area contributed by atoms with Crippen LogP contribution in [0.2, 0.25) is 0 Å². The highest BCUT2D eigenvalue weighted by molar-refractivity contribution is 5.94. The van der Waals surface area contributed by atoms with Crippen molar-refractivity contribution >= 4 is 22.6 Å². The molecule has 5 heterocycles. The van der Waals surface area contributed by atoms with Gasteiger partial charge in [0, 0.05) is 36.3 Å². The number of pyridine rings is 2. The fourth-order valence-electron chi connectivity index (χ4n) is 5.07.